The highest BCUT2D eigenvalue weighted by atomic mass is 79.9. The third kappa shape index (κ3) is 5.69. The Labute approximate surface area is 162 Å². The maximum absolute atomic E-state index is 13.4. The molecule has 1 saturated heterocycles. The van der Waals surface area contributed by atoms with Crippen LogP contribution in [0, 0.1) is 5.82 Å². The van der Waals surface area contributed by atoms with Gasteiger partial charge in [0.15, 0.2) is 0 Å². The fourth-order valence-corrected chi connectivity index (χ4v) is 3.33. The van der Waals surface area contributed by atoms with Gasteiger partial charge >= 0.3 is 6.09 Å². The Kier molecular flexibility index (Phi) is 6.66. The van der Waals surface area contributed by atoms with Crippen molar-refractivity contribution in [3.05, 3.63) is 34.1 Å². The van der Waals surface area contributed by atoms with E-state index < -0.39 is 5.60 Å². The number of carbonyl (C=O) groups is 2. The molecular formula is C19H26BrFN2O3. The van der Waals surface area contributed by atoms with Gasteiger partial charge in [-0.25, -0.2) is 9.18 Å². The molecule has 1 aromatic carbocycles. The van der Waals surface area contributed by atoms with Crippen LogP contribution in [0.15, 0.2) is 22.7 Å². The SMILES string of the molecule is CN(C(=O)OC(C)(C)C)C1CCN(C(=O)Cc2cc(F)ccc2Br)CC1. The van der Waals surface area contributed by atoms with Crippen LogP contribution in [0.25, 0.3) is 0 Å². The Morgan fingerprint density at radius 2 is 1.92 bits per heavy atom. The Hall–Kier alpha value is -1.63. The lowest BCUT2D eigenvalue weighted by atomic mass is 10.0. The summed E-state index contributed by atoms with van der Waals surface area (Å²) in [6.45, 7) is 6.66. The molecule has 7 heteroatoms. The van der Waals surface area contributed by atoms with Gasteiger partial charge < -0.3 is 14.5 Å². The van der Waals surface area contributed by atoms with Crippen LogP contribution in [0.3, 0.4) is 0 Å². The predicted molar refractivity (Wildman–Crippen MR) is 101 cm³/mol. The molecule has 1 fully saturated rings. The number of nitrogens with zero attached hydrogens (tertiary/aromatic N) is 2. The van der Waals surface area contributed by atoms with Gasteiger partial charge in [-0.3, -0.25) is 4.79 Å². The summed E-state index contributed by atoms with van der Waals surface area (Å²) in [6.07, 6.45) is 1.22. The first-order valence-electron chi connectivity index (χ1n) is 8.74. The van der Waals surface area contributed by atoms with Gasteiger partial charge in [0.25, 0.3) is 0 Å². The highest BCUT2D eigenvalue weighted by Gasteiger charge is 2.30. The molecule has 1 aliphatic rings. The van der Waals surface area contributed by atoms with E-state index >= 15 is 0 Å². The van der Waals surface area contributed by atoms with Gasteiger partial charge in [0.05, 0.1) is 6.42 Å². The number of likely N-dealkylation sites (tertiary alicyclic amines) is 1. The van der Waals surface area contributed by atoms with Crippen molar-refractivity contribution >= 4 is 27.9 Å². The van der Waals surface area contributed by atoms with E-state index in [-0.39, 0.29) is 30.3 Å². The number of hydrogen-bond acceptors (Lipinski definition) is 3. The van der Waals surface area contributed by atoms with E-state index in [0.717, 1.165) is 4.47 Å². The molecule has 0 aromatic heterocycles. The molecule has 0 bridgehead atoms. The normalized spacial score (nSPS) is 15.7. The molecule has 0 radical (unpaired) electrons. The largest absolute Gasteiger partial charge is 0.444 e. The average Bonchev–Trinajstić information content (AvgIpc) is 2.56. The zero-order valence-electron chi connectivity index (χ0n) is 15.7. The van der Waals surface area contributed by atoms with E-state index in [1.807, 2.05) is 20.8 Å². The fraction of sp³-hybridized carbons (Fsp3) is 0.579. The Morgan fingerprint density at radius 1 is 1.31 bits per heavy atom. The molecule has 0 N–H and O–H groups in total. The highest BCUT2D eigenvalue weighted by Crippen LogP contribution is 2.22. The fourth-order valence-electron chi connectivity index (χ4n) is 2.94. The van der Waals surface area contributed by atoms with Crippen molar-refractivity contribution in [2.24, 2.45) is 0 Å². The van der Waals surface area contributed by atoms with Crippen LogP contribution >= 0.6 is 15.9 Å². The summed E-state index contributed by atoms with van der Waals surface area (Å²) in [5.74, 6) is -0.386. The van der Waals surface area contributed by atoms with Gasteiger partial charge in [-0.2, -0.15) is 0 Å². The molecule has 0 atom stereocenters. The molecule has 1 heterocycles. The molecule has 144 valence electrons. The summed E-state index contributed by atoms with van der Waals surface area (Å²) in [5.41, 5.74) is 0.114. The summed E-state index contributed by atoms with van der Waals surface area (Å²) in [4.78, 5) is 28.1. The van der Waals surface area contributed by atoms with E-state index in [4.69, 9.17) is 4.74 Å². The Balaban J connectivity index is 1.88. The second kappa shape index (κ2) is 8.37. The number of halogens is 2. The zero-order valence-corrected chi connectivity index (χ0v) is 17.3. The molecule has 0 aliphatic carbocycles. The number of ether oxygens (including phenoxy) is 1. The minimum atomic E-state index is -0.527. The number of rotatable bonds is 3. The van der Waals surface area contributed by atoms with Crippen molar-refractivity contribution < 1.29 is 18.7 Å². The van der Waals surface area contributed by atoms with Crippen LogP contribution in [-0.4, -0.2) is 53.6 Å². The molecule has 1 aliphatic heterocycles. The molecule has 0 saturated carbocycles. The maximum atomic E-state index is 13.4. The number of carbonyl (C=O) groups excluding carboxylic acids is 2. The molecule has 0 unspecified atom stereocenters. The first-order valence-corrected chi connectivity index (χ1v) is 9.53. The van der Waals surface area contributed by atoms with E-state index in [0.29, 0.717) is 31.5 Å². The minimum Gasteiger partial charge on any atom is -0.444 e. The minimum absolute atomic E-state index is 0.0327. The lowest BCUT2D eigenvalue weighted by Crippen LogP contribution is -2.48. The number of hydrogen-bond donors (Lipinski definition) is 0. The molecular weight excluding hydrogens is 403 g/mol. The van der Waals surface area contributed by atoms with Crippen LogP contribution in [0.2, 0.25) is 0 Å². The number of benzene rings is 1. The summed E-state index contributed by atoms with van der Waals surface area (Å²) in [5, 5.41) is 0. The molecule has 0 spiro atoms. The number of amides is 2. The molecule has 1 aromatic rings. The summed E-state index contributed by atoms with van der Waals surface area (Å²) in [6, 6.07) is 4.40. The van der Waals surface area contributed by atoms with Crippen molar-refractivity contribution in [2.75, 3.05) is 20.1 Å². The van der Waals surface area contributed by atoms with Crippen LogP contribution in [0.5, 0.6) is 0 Å². The molecule has 26 heavy (non-hydrogen) atoms. The van der Waals surface area contributed by atoms with E-state index in [2.05, 4.69) is 15.9 Å². The third-order valence-electron chi connectivity index (χ3n) is 4.40. The highest BCUT2D eigenvalue weighted by molar-refractivity contribution is 9.10. The van der Waals surface area contributed by atoms with Crippen molar-refractivity contribution in [1.82, 2.24) is 9.80 Å². The molecule has 2 rings (SSSR count). The first kappa shape index (κ1) is 20.7. The summed E-state index contributed by atoms with van der Waals surface area (Å²) < 4.78 is 19.5. The van der Waals surface area contributed by atoms with Gasteiger partial charge in [0.2, 0.25) is 5.91 Å². The van der Waals surface area contributed by atoms with Gasteiger partial charge in [-0.1, -0.05) is 15.9 Å². The lowest BCUT2D eigenvalue weighted by molar-refractivity contribution is -0.131. The van der Waals surface area contributed by atoms with Gasteiger partial charge in [0.1, 0.15) is 11.4 Å². The van der Waals surface area contributed by atoms with Crippen molar-refractivity contribution in [2.45, 2.75) is 51.7 Å². The second-order valence-corrected chi connectivity index (χ2v) is 8.47. The topological polar surface area (TPSA) is 49.9 Å². The lowest BCUT2D eigenvalue weighted by Gasteiger charge is -2.37. The summed E-state index contributed by atoms with van der Waals surface area (Å²) in [7, 11) is 1.74. The monoisotopic (exact) mass is 428 g/mol. The van der Waals surface area contributed by atoms with Gasteiger partial charge in [0, 0.05) is 30.7 Å². The standard InChI is InChI=1S/C19H26BrFN2O3/c1-19(2,3)26-18(25)22(4)15-7-9-23(10-8-15)17(24)12-13-11-14(21)5-6-16(13)20/h5-6,11,15H,7-10,12H2,1-4H3. The quantitative estimate of drug-likeness (QED) is 0.730. The average molecular weight is 429 g/mol. The second-order valence-electron chi connectivity index (χ2n) is 7.62. The van der Waals surface area contributed by atoms with Crippen LogP contribution in [-0.2, 0) is 16.0 Å². The van der Waals surface area contributed by atoms with Crippen LogP contribution in [0.1, 0.15) is 39.2 Å². The third-order valence-corrected chi connectivity index (χ3v) is 5.17. The molecule has 2 amide bonds. The predicted octanol–water partition coefficient (Wildman–Crippen LogP) is 3.99. The molecule has 5 nitrogen and oxygen atoms in total. The Bertz CT molecular complexity index is 667. The number of piperidine rings is 1. The van der Waals surface area contributed by atoms with E-state index in [9.17, 15) is 14.0 Å². The van der Waals surface area contributed by atoms with Crippen LogP contribution in [0.4, 0.5) is 9.18 Å². The van der Waals surface area contributed by atoms with E-state index in [1.54, 1.807) is 22.9 Å². The Morgan fingerprint density at radius 3 is 2.50 bits per heavy atom. The zero-order chi connectivity index (χ0) is 19.5. The first-order chi connectivity index (χ1) is 12.1. The summed E-state index contributed by atoms with van der Waals surface area (Å²) >= 11 is 3.36. The van der Waals surface area contributed by atoms with Crippen molar-refractivity contribution in [1.29, 1.82) is 0 Å². The van der Waals surface area contributed by atoms with Crippen LogP contribution < -0.4 is 0 Å². The van der Waals surface area contributed by atoms with Crippen molar-refractivity contribution in [3.8, 4) is 0 Å². The van der Waals surface area contributed by atoms with E-state index in [1.165, 1.54) is 12.1 Å². The van der Waals surface area contributed by atoms with Gasteiger partial charge in [-0.05, 0) is 57.4 Å². The maximum Gasteiger partial charge on any atom is 0.410 e. The van der Waals surface area contributed by atoms with Gasteiger partial charge in [-0.15, -0.1) is 0 Å². The smallest absolute Gasteiger partial charge is 0.410 e. The van der Waals surface area contributed by atoms with Crippen molar-refractivity contribution in [3.63, 3.8) is 0 Å².